The maximum Gasteiger partial charge on any atom is 0.331 e. The maximum atomic E-state index is 10.6. The van der Waals surface area contributed by atoms with Crippen molar-refractivity contribution in [3.05, 3.63) is 12.2 Å². The topological polar surface area (TPSA) is 26.3 Å². The van der Waals surface area contributed by atoms with Crippen LogP contribution in [0.1, 0.15) is 32.6 Å². The van der Waals surface area contributed by atoms with Crippen molar-refractivity contribution in [3.63, 3.8) is 0 Å². The highest BCUT2D eigenvalue weighted by molar-refractivity contribution is 5.84. The van der Waals surface area contributed by atoms with Crippen LogP contribution in [-0.4, -0.2) is 12.1 Å². The van der Waals surface area contributed by atoms with Crippen LogP contribution in [0.25, 0.3) is 0 Å². The zero-order valence-electron chi connectivity index (χ0n) is 6.88. The van der Waals surface area contributed by atoms with Gasteiger partial charge < -0.3 is 4.74 Å². The average Bonchev–Trinajstić information content (AvgIpc) is 2.37. The zero-order chi connectivity index (χ0) is 8.10. The lowest BCUT2D eigenvalue weighted by Crippen LogP contribution is -2.06. The molecule has 0 spiro atoms. The molecule has 0 radical (unpaired) electrons. The summed E-state index contributed by atoms with van der Waals surface area (Å²) in [5.74, 6) is -0.188. The van der Waals surface area contributed by atoms with E-state index in [1.165, 1.54) is 18.9 Å². The molecule has 0 aromatic heterocycles. The van der Waals surface area contributed by atoms with Crippen LogP contribution in [0.4, 0.5) is 0 Å². The van der Waals surface area contributed by atoms with E-state index in [2.05, 4.69) is 6.92 Å². The van der Waals surface area contributed by atoms with Gasteiger partial charge in [-0.2, -0.15) is 0 Å². The lowest BCUT2D eigenvalue weighted by molar-refractivity contribution is -0.138. The second kappa shape index (κ2) is 4.16. The van der Waals surface area contributed by atoms with E-state index in [-0.39, 0.29) is 12.1 Å². The Balaban J connectivity index is 2.09. The number of esters is 1. The Morgan fingerprint density at radius 3 is 2.91 bits per heavy atom. The number of unbranched alkanes of at least 4 members (excludes halogenated alkanes) is 2. The van der Waals surface area contributed by atoms with Crippen molar-refractivity contribution in [2.24, 2.45) is 0 Å². The van der Waals surface area contributed by atoms with Crippen molar-refractivity contribution in [1.82, 2.24) is 0 Å². The van der Waals surface area contributed by atoms with Crippen molar-refractivity contribution < 1.29 is 9.53 Å². The molecule has 2 nitrogen and oxygen atoms in total. The van der Waals surface area contributed by atoms with E-state index >= 15 is 0 Å². The summed E-state index contributed by atoms with van der Waals surface area (Å²) >= 11 is 0. The minimum Gasteiger partial charge on any atom is -0.455 e. The van der Waals surface area contributed by atoms with Crippen LogP contribution in [-0.2, 0) is 9.53 Å². The van der Waals surface area contributed by atoms with Crippen LogP contribution >= 0.6 is 0 Å². The lowest BCUT2D eigenvalue weighted by Gasteiger charge is -2.06. The number of carbonyl (C=O) groups is 1. The highest BCUT2D eigenvalue weighted by Crippen LogP contribution is 2.12. The third kappa shape index (κ3) is 2.74. The molecule has 0 saturated heterocycles. The Kier molecular flexibility index (Phi) is 3.14. The third-order valence-corrected chi connectivity index (χ3v) is 1.81. The summed E-state index contributed by atoms with van der Waals surface area (Å²) in [6, 6.07) is 0. The molecule has 0 N–H and O–H groups in total. The molecule has 1 atom stereocenters. The standard InChI is InChI=1S/C9H14O2/c1-2-3-4-5-8-6-7-9(10)11-8/h6-8H,2-5H2,1H3/t8-/m1/s1. The summed E-state index contributed by atoms with van der Waals surface area (Å²) < 4.78 is 4.96. The number of cyclic esters (lactones) is 1. The van der Waals surface area contributed by atoms with Crippen LogP contribution in [0.2, 0.25) is 0 Å². The fraction of sp³-hybridized carbons (Fsp3) is 0.667. The molecular weight excluding hydrogens is 140 g/mol. The molecule has 1 rings (SSSR count). The van der Waals surface area contributed by atoms with Gasteiger partial charge in [-0.25, -0.2) is 4.79 Å². The Labute approximate surface area is 67.2 Å². The van der Waals surface area contributed by atoms with Crippen molar-refractivity contribution >= 4 is 5.97 Å². The van der Waals surface area contributed by atoms with E-state index in [0.29, 0.717) is 0 Å². The van der Waals surface area contributed by atoms with Crippen LogP contribution in [0.15, 0.2) is 12.2 Å². The Morgan fingerprint density at radius 2 is 2.36 bits per heavy atom. The van der Waals surface area contributed by atoms with Gasteiger partial charge in [-0.05, 0) is 18.9 Å². The molecular formula is C9H14O2. The molecule has 0 aliphatic carbocycles. The normalized spacial score (nSPS) is 22.3. The van der Waals surface area contributed by atoms with Gasteiger partial charge >= 0.3 is 5.97 Å². The molecule has 1 aliphatic rings. The zero-order valence-corrected chi connectivity index (χ0v) is 6.88. The highest BCUT2D eigenvalue weighted by atomic mass is 16.5. The molecule has 1 aliphatic heterocycles. The van der Waals surface area contributed by atoms with E-state index in [1.807, 2.05) is 6.08 Å². The Morgan fingerprint density at radius 1 is 1.55 bits per heavy atom. The van der Waals surface area contributed by atoms with E-state index in [4.69, 9.17) is 4.74 Å². The number of hydrogen-bond donors (Lipinski definition) is 0. The van der Waals surface area contributed by atoms with Crippen LogP contribution < -0.4 is 0 Å². The highest BCUT2D eigenvalue weighted by Gasteiger charge is 2.14. The molecule has 0 unspecified atom stereocenters. The Bertz CT molecular complexity index is 161. The molecule has 11 heavy (non-hydrogen) atoms. The van der Waals surface area contributed by atoms with Gasteiger partial charge in [-0.15, -0.1) is 0 Å². The summed E-state index contributed by atoms with van der Waals surface area (Å²) in [5.41, 5.74) is 0. The molecule has 0 saturated carbocycles. The predicted molar refractivity (Wildman–Crippen MR) is 43.2 cm³/mol. The molecule has 62 valence electrons. The first kappa shape index (κ1) is 8.31. The summed E-state index contributed by atoms with van der Waals surface area (Å²) in [4.78, 5) is 10.6. The van der Waals surface area contributed by atoms with Gasteiger partial charge in [-0.3, -0.25) is 0 Å². The third-order valence-electron chi connectivity index (χ3n) is 1.81. The molecule has 0 amide bonds. The average molecular weight is 154 g/mol. The smallest absolute Gasteiger partial charge is 0.331 e. The summed E-state index contributed by atoms with van der Waals surface area (Å²) in [6.07, 6.45) is 7.99. The van der Waals surface area contributed by atoms with Crippen molar-refractivity contribution in [2.75, 3.05) is 0 Å². The molecule has 2 heteroatoms. The van der Waals surface area contributed by atoms with Gasteiger partial charge in [0.1, 0.15) is 6.10 Å². The number of rotatable bonds is 4. The summed E-state index contributed by atoms with van der Waals surface area (Å²) in [6.45, 7) is 2.16. The van der Waals surface area contributed by atoms with E-state index in [0.717, 1.165) is 12.8 Å². The molecule has 0 fully saturated rings. The van der Waals surface area contributed by atoms with E-state index in [1.54, 1.807) is 0 Å². The van der Waals surface area contributed by atoms with Crippen molar-refractivity contribution in [1.29, 1.82) is 0 Å². The SMILES string of the molecule is CCCCC[C@@H]1C=CC(=O)O1. The number of ether oxygens (including phenoxy) is 1. The minimum absolute atomic E-state index is 0.0639. The van der Waals surface area contributed by atoms with Gasteiger partial charge in [0.25, 0.3) is 0 Å². The number of hydrogen-bond acceptors (Lipinski definition) is 2. The van der Waals surface area contributed by atoms with Gasteiger partial charge in [0.15, 0.2) is 0 Å². The van der Waals surface area contributed by atoms with Crippen LogP contribution in [0.3, 0.4) is 0 Å². The number of carbonyl (C=O) groups excluding carboxylic acids is 1. The quantitative estimate of drug-likeness (QED) is 0.457. The maximum absolute atomic E-state index is 10.6. The first-order valence-electron chi connectivity index (χ1n) is 4.21. The second-order valence-electron chi connectivity index (χ2n) is 2.83. The molecule has 1 heterocycles. The predicted octanol–water partition coefficient (Wildman–Crippen LogP) is 2.05. The van der Waals surface area contributed by atoms with E-state index < -0.39 is 0 Å². The largest absolute Gasteiger partial charge is 0.455 e. The first-order valence-corrected chi connectivity index (χ1v) is 4.21. The summed E-state index contributed by atoms with van der Waals surface area (Å²) in [5, 5.41) is 0. The fourth-order valence-electron chi connectivity index (χ4n) is 1.16. The van der Waals surface area contributed by atoms with Crippen LogP contribution in [0.5, 0.6) is 0 Å². The summed E-state index contributed by atoms with van der Waals surface area (Å²) in [7, 11) is 0. The monoisotopic (exact) mass is 154 g/mol. The van der Waals surface area contributed by atoms with Gasteiger partial charge in [0, 0.05) is 6.08 Å². The van der Waals surface area contributed by atoms with Gasteiger partial charge in [-0.1, -0.05) is 19.8 Å². The van der Waals surface area contributed by atoms with E-state index in [9.17, 15) is 4.79 Å². The van der Waals surface area contributed by atoms with Crippen molar-refractivity contribution in [2.45, 2.75) is 38.7 Å². The minimum atomic E-state index is -0.188. The first-order chi connectivity index (χ1) is 5.33. The van der Waals surface area contributed by atoms with Crippen molar-refractivity contribution in [3.8, 4) is 0 Å². The lowest BCUT2D eigenvalue weighted by atomic mass is 10.1. The van der Waals surface area contributed by atoms with Crippen LogP contribution in [0, 0.1) is 0 Å². The van der Waals surface area contributed by atoms with Gasteiger partial charge in [0.2, 0.25) is 0 Å². The molecule has 0 aromatic rings. The second-order valence-corrected chi connectivity index (χ2v) is 2.83. The fourth-order valence-corrected chi connectivity index (χ4v) is 1.16. The molecule has 0 aromatic carbocycles. The Hall–Kier alpha value is -0.790. The van der Waals surface area contributed by atoms with Gasteiger partial charge in [0.05, 0.1) is 0 Å². The molecule has 0 bridgehead atoms.